The molecule has 1 amide bonds. The van der Waals surface area contributed by atoms with Gasteiger partial charge in [-0.2, -0.15) is 5.10 Å². The number of amides is 1. The normalized spacial score (nSPS) is 17.4. The van der Waals surface area contributed by atoms with E-state index in [1.54, 1.807) is 24.0 Å². The number of likely N-dealkylation sites (tertiary alicyclic amines) is 1. The Balaban J connectivity index is 1.62. The van der Waals surface area contributed by atoms with Gasteiger partial charge in [0.15, 0.2) is 5.65 Å². The van der Waals surface area contributed by atoms with Crippen molar-refractivity contribution in [3.05, 3.63) is 54.4 Å². The molecule has 1 aliphatic rings. The van der Waals surface area contributed by atoms with Gasteiger partial charge in [0.25, 0.3) is 5.91 Å². The van der Waals surface area contributed by atoms with Crippen LogP contribution in [0.15, 0.2) is 48.8 Å². The fourth-order valence-corrected chi connectivity index (χ4v) is 3.83. The first-order valence-electron chi connectivity index (χ1n) is 9.47. The summed E-state index contributed by atoms with van der Waals surface area (Å²) in [4.78, 5) is 19.6. The minimum Gasteiger partial charge on any atom is -0.385 e. The molecule has 0 bridgehead atoms. The maximum atomic E-state index is 13.2. The Kier molecular flexibility index (Phi) is 5.16. The highest BCUT2D eigenvalue weighted by Crippen LogP contribution is 2.25. The lowest BCUT2D eigenvalue weighted by atomic mass is 9.98. The topological polar surface area (TPSA) is 59.7 Å². The van der Waals surface area contributed by atoms with Gasteiger partial charge in [0, 0.05) is 43.6 Å². The molecule has 0 saturated carbocycles. The van der Waals surface area contributed by atoms with E-state index in [1.165, 1.54) is 6.42 Å². The van der Waals surface area contributed by atoms with Gasteiger partial charge in [-0.1, -0.05) is 12.1 Å². The van der Waals surface area contributed by atoms with E-state index in [4.69, 9.17) is 4.74 Å². The maximum absolute atomic E-state index is 13.2. The largest absolute Gasteiger partial charge is 0.385 e. The fraction of sp³-hybridized carbons (Fsp3) is 0.381. The van der Waals surface area contributed by atoms with Crippen LogP contribution in [0, 0.1) is 0 Å². The molecule has 27 heavy (non-hydrogen) atoms. The first kappa shape index (κ1) is 17.7. The number of nitrogens with zero attached hydrogens (tertiary/aromatic N) is 4. The third kappa shape index (κ3) is 3.57. The first-order chi connectivity index (χ1) is 13.3. The van der Waals surface area contributed by atoms with Gasteiger partial charge in [0.05, 0.1) is 11.9 Å². The summed E-state index contributed by atoms with van der Waals surface area (Å²) in [5.41, 5.74) is 3.33. The molecule has 1 fully saturated rings. The van der Waals surface area contributed by atoms with Crippen molar-refractivity contribution in [2.45, 2.75) is 31.7 Å². The molecular weight excluding hydrogens is 340 g/mol. The van der Waals surface area contributed by atoms with Gasteiger partial charge < -0.3 is 9.64 Å². The fourth-order valence-electron chi connectivity index (χ4n) is 3.83. The zero-order valence-electron chi connectivity index (χ0n) is 15.5. The number of fused-ring (bicyclic) bond motifs is 1. The van der Waals surface area contributed by atoms with Gasteiger partial charge in [0.1, 0.15) is 0 Å². The first-order valence-corrected chi connectivity index (χ1v) is 9.47. The Labute approximate surface area is 158 Å². The zero-order chi connectivity index (χ0) is 18.6. The Bertz CT molecular complexity index is 937. The molecule has 0 aliphatic carbocycles. The molecule has 0 N–H and O–H groups in total. The highest BCUT2D eigenvalue weighted by Gasteiger charge is 2.27. The number of hydrogen-bond acceptors (Lipinski definition) is 4. The van der Waals surface area contributed by atoms with Crippen molar-refractivity contribution in [3.63, 3.8) is 0 Å². The number of ether oxygens (including phenoxy) is 1. The molecule has 0 unspecified atom stereocenters. The van der Waals surface area contributed by atoms with Crippen LogP contribution >= 0.6 is 0 Å². The van der Waals surface area contributed by atoms with Crippen LogP contribution in [0.3, 0.4) is 0 Å². The summed E-state index contributed by atoms with van der Waals surface area (Å²) in [6.45, 7) is 1.50. The van der Waals surface area contributed by atoms with Crippen LogP contribution in [0.4, 0.5) is 0 Å². The van der Waals surface area contributed by atoms with E-state index in [-0.39, 0.29) is 11.9 Å². The smallest absolute Gasteiger partial charge is 0.254 e. The number of carbonyl (C=O) groups excluding carboxylic acids is 1. The van der Waals surface area contributed by atoms with E-state index >= 15 is 0 Å². The molecule has 4 rings (SSSR count). The average molecular weight is 364 g/mol. The number of hydrogen-bond donors (Lipinski definition) is 0. The van der Waals surface area contributed by atoms with Crippen LogP contribution in [0.25, 0.3) is 16.9 Å². The third-order valence-electron chi connectivity index (χ3n) is 5.23. The van der Waals surface area contributed by atoms with Gasteiger partial charge in [-0.05, 0) is 49.9 Å². The lowest BCUT2D eigenvalue weighted by Crippen LogP contribution is -2.44. The number of methoxy groups -OCH3 is 1. The zero-order valence-corrected chi connectivity index (χ0v) is 15.5. The van der Waals surface area contributed by atoms with Gasteiger partial charge in [-0.3, -0.25) is 4.79 Å². The average Bonchev–Trinajstić information content (AvgIpc) is 3.16. The Morgan fingerprint density at radius 1 is 1.26 bits per heavy atom. The predicted molar refractivity (Wildman–Crippen MR) is 104 cm³/mol. The summed E-state index contributed by atoms with van der Waals surface area (Å²) in [6, 6.07) is 11.8. The Morgan fingerprint density at radius 3 is 3.07 bits per heavy atom. The van der Waals surface area contributed by atoms with Crippen molar-refractivity contribution < 1.29 is 9.53 Å². The van der Waals surface area contributed by atoms with Crippen molar-refractivity contribution in [2.75, 3.05) is 20.3 Å². The number of rotatable bonds is 5. The summed E-state index contributed by atoms with van der Waals surface area (Å²) in [6.07, 6.45) is 7.71. The van der Waals surface area contributed by atoms with E-state index in [0.29, 0.717) is 12.2 Å². The predicted octanol–water partition coefficient (Wildman–Crippen LogP) is 3.43. The minimum absolute atomic E-state index is 0.0967. The highest BCUT2D eigenvalue weighted by atomic mass is 16.5. The second-order valence-corrected chi connectivity index (χ2v) is 6.95. The molecule has 6 heteroatoms. The number of piperidine rings is 1. The number of imidazole rings is 1. The Hall–Kier alpha value is -2.73. The van der Waals surface area contributed by atoms with E-state index in [1.807, 2.05) is 41.3 Å². The van der Waals surface area contributed by atoms with Crippen molar-refractivity contribution in [1.82, 2.24) is 19.5 Å². The van der Waals surface area contributed by atoms with E-state index in [2.05, 4.69) is 10.1 Å². The summed E-state index contributed by atoms with van der Waals surface area (Å²) in [7, 11) is 1.71. The summed E-state index contributed by atoms with van der Waals surface area (Å²) in [5, 5.41) is 4.37. The lowest BCUT2D eigenvalue weighted by Gasteiger charge is -2.36. The molecule has 1 aromatic carbocycles. The van der Waals surface area contributed by atoms with E-state index < -0.39 is 0 Å². The number of carbonyl (C=O) groups is 1. The summed E-state index contributed by atoms with van der Waals surface area (Å²) >= 11 is 0. The van der Waals surface area contributed by atoms with Gasteiger partial charge >= 0.3 is 0 Å². The molecule has 1 saturated heterocycles. The van der Waals surface area contributed by atoms with Crippen molar-refractivity contribution in [3.8, 4) is 11.3 Å². The molecule has 0 spiro atoms. The molecule has 2 aromatic heterocycles. The van der Waals surface area contributed by atoms with Gasteiger partial charge in [-0.25, -0.2) is 9.50 Å². The van der Waals surface area contributed by atoms with Gasteiger partial charge in [0.2, 0.25) is 0 Å². The molecular formula is C21H24N4O2. The van der Waals surface area contributed by atoms with E-state index in [9.17, 15) is 4.79 Å². The molecule has 6 nitrogen and oxygen atoms in total. The summed E-state index contributed by atoms with van der Waals surface area (Å²) in [5.74, 6) is 0.0967. The molecule has 3 aromatic rings. The molecule has 3 heterocycles. The van der Waals surface area contributed by atoms with Crippen LogP contribution in [0.5, 0.6) is 0 Å². The highest BCUT2D eigenvalue weighted by molar-refractivity contribution is 5.95. The molecule has 0 radical (unpaired) electrons. The summed E-state index contributed by atoms with van der Waals surface area (Å²) < 4.78 is 7.03. The minimum atomic E-state index is 0.0967. The second kappa shape index (κ2) is 7.88. The third-order valence-corrected chi connectivity index (χ3v) is 5.23. The molecule has 1 aliphatic heterocycles. The van der Waals surface area contributed by atoms with Gasteiger partial charge in [-0.15, -0.1) is 0 Å². The Morgan fingerprint density at radius 2 is 2.19 bits per heavy atom. The monoisotopic (exact) mass is 364 g/mol. The number of benzene rings is 1. The molecule has 1 atom stereocenters. The van der Waals surface area contributed by atoms with Crippen LogP contribution in [0.2, 0.25) is 0 Å². The quantitative estimate of drug-likeness (QED) is 0.696. The maximum Gasteiger partial charge on any atom is 0.254 e. The lowest BCUT2D eigenvalue weighted by molar-refractivity contribution is 0.0553. The van der Waals surface area contributed by atoms with Crippen molar-refractivity contribution >= 4 is 11.6 Å². The van der Waals surface area contributed by atoms with Crippen LogP contribution in [-0.4, -0.2) is 51.7 Å². The second-order valence-electron chi connectivity index (χ2n) is 6.95. The van der Waals surface area contributed by atoms with Crippen LogP contribution in [-0.2, 0) is 4.74 Å². The SMILES string of the molecule is COCC[C@@H]1CCCCN1C(=O)c1cccc(-c2cnc3cccnn23)c1. The standard InChI is InChI=1S/C21H24N4O2/c1-27-13-10-18-8-2-3-12-24(18)21(26)17-7-4-6-16(14-17)19-15-22-20-9-5-11-23-25(19)20/h4-7,9,11,14-15,18H,2-3,8,10,12-13H2,1H3/t18-/m0/s1. The van der Waals surface area contributed by atoms with Crippen molar-refractivity contribution in [1.29, 1.82) is 0 Å². The van der Waals surface area contributed by atoms with E-state index in [0.717, 1.165) is 42.7 Å². The number of aromatic nitrogens is 3. The van der Waals surface area contributed by atoms with Crippen LogP contribution in [0.1, 0.15) is 36.0 Å². The molecule has 140 valence electrons. The van der Waals surface area contributed by atoms with Crippen LogP contribution < -0.4 is 0 Å². The van der Waals surface area contributed by atoms with Crippen molar-refractivity contribution in [2.24, 2.45) is 0 Å².